The summed E-state index contributed by atoms with van der Waals surface area (Å²) < 4.78 is 16.8. The van der Waals surface area contributed by atoms with E-state index in [-0.39, 0.29) is 12.2 Å². The van der Waals surface area contributed by atoms with Gasteiger partial charge in [-0.25, -0.2) is 24.7 Å². The van der Waals surface area contributed by atoms with Crippen LogP contribution < -0.4 is 15.0 Å². The molecule has 0 radical (unpaired) electrons. The molecule has 0 spiro atoms. The Morgan fingerprint density at radius 1 is 1.05 bits per heavy atom. The first-order valence-electron chi connectivity index (χ1n) is 12.7. The molecular weight excluding hydrogens is 508 g/mol. The number of nitrogens with zero attached hydrogens (tertiary/aromatic N) is 7. The van der Waals surface area contributed by atoms with E-state index in [1.165, 1.54) is 11.3 Å². The lowest BCUT2D eigenvalue weighted by Crippen LogP contribution is -2.50. The summed E-state index contributed by atoms with van der Waals surface area (Å²) in [5.74, 6) is 0.452. The van der Waals surface area contributed by atoms with E-state index in [0.717, 1.165) is 29.1 Å². The second-order valence-corrected chi connectivity index (χ2v) is 11.1. The van der Waals surface area contributed by atoms with E-state index in [2.05, 4.69) is 35.1 Å². The van der Waals surface area contributed by atoms with Crippen LogP contribution in [0.3, 0.4) is 0 Å². The van der Waals surface area contributed by atoms with Crippen LogP contribution in [-0.4, -0.2) is 87.0 Å². The zero-order valence-electron chi connectivity index (χ0n) is 21.8. The zero-order chi connectivity index (χ0) is 26.5. The van der Waals surface area contributed by atoms with Crippen molar-refractivity contribution in [3.05, 3.63) is 30.9 Å². The number of anilines is 3. The Kier molecular flexibility index (Phi) is 7.84. The molecule has 2 aliphatic rings. The number of aromatic nitrogens is 5. The number of nitrogens with one attached hydrogen (secondary N) is 1. The number of hydrogen-bond acceptors (Lipinski definition) is 12. The molecule has 0 aromatic carbocycles. The molecule has 0 atom stereocenters. The molecule has 1 amide bonds. The Bertz CT molecular complexity index is 1220. The van der Waals surface area contributed by atoms with E-state index in [9.17, 15) is 4.79 Å². The molecule has 13 heteroatoms. The van der Waals surface area contributed by atoms with Crippen LogP contribution in [0.1, 0.15) is 33.6 Å². The van der Waals surface area contributed by atoms with Gasteiger partial charge in [-0.15, -0.1) is 0 Å². The second-order valence-electron chi connectivity index (χ2n) is 10.0. The third-order valence-electron chi connectivity index (χ3n) is 5.99. The van der Waals surface area contributed by atoms with E-state index >= 15 is 0 Å². The highest BCUT2D eigenvalue weighted by Crippen LogP contribution is 2.30. The van der Waals surface area contributed by atoms with Crippen molar-refractivity contribution in [2.75, 3.05) is 49.6 Å². The molecule has 12 nitrogen and oxygen atoms in total. The van der Waals surface area contributed by atoms with Crippen LogP contribution in [0.25, 0.3) is 10.6 Å². The molecule has 0 unspecified atom stereocenters. The molecule has 1 N–H and O–H groups in total. The van der Waals surface area contributed by atoms with Crippen LogP contribution >= 0.6 is 11.3 Å². The molecule has 38 heavy (non-hydrogen) atoms. The summed E-state index contributed by atoms with van der Waals surface area (Å²) in [6, 6.07) is 2.20. The summed E-state index contributed by atoms with van der Waals surface area (Å²) in [4.78, 5) is 39.2. The maximum Gasteiger partial charge on any atom is 0.410 e. The number of rotatable bonds is 6. The quantitative estimate of drug-likeness (QED) is 0.491. The van der Waals surface area contributed by atoms with Gasteiger partial charge in [0.2, 0.25) is 5.95 Å². The highest BCUT2D eigenvalue weighted by molar-refractivity contribution is 7.18. The molecule has 0 saturated carbocycles. The van der Waals surface area contributed by atoms with E-state index in [1.54, 1.807) is 29.7 Å². The van der Waals surface area contributed by atoms with Crippen molar-refractivity contribution >= 4 is 34.2 Å². The van der Waals surface area contributed by atoms with Crippen LogP contribution in [-0.2, 0) is 9.47 Å². The van der Waals surface area contributed by atoms with Crippen LogP contribution in [0.15, 0.2) is 30.9 Å². The average Bonchev–Trinajstić information content (AvgIpc) is 3.38. The van der Waals surface area contributed by atoms with Crippen molar-refractivity contribution in [2.45, 2.75) is 45.3 Å². The van der Waals surface area contributed by atoms with Gasteiger partial charge in [0.05, 0.1) is 41.9 Å². The molecule has 202 valence electrons. The van der Waals surface area contributed by atoms with Crippen molar-refractivity contribution in [3.63, 3.8) is 0 Å². The molecule has 2 saturated heterocycles. The van der Waals surface area contributed by atoms with Gasteiger partial charge < -0.3 is 29.3 Å². The Morgan fingerprint density at radius 3 is 2.50 bits per heavy atom. The molecular formula is C25H32N8O4S. The van der Waals surface area contributed by atoms with Crippen LogP contribution in [0.4, 0.5) is 21.6 Å². The summed E-state index contributed by atoms with van der Waals surface area (Å²) >= 11 is 1.45. The maximum atomic E-state index is 12.3. The highest BCUT2D eigenvalue weighted by Gasteiger charge is 2.26. The van der Waals surface area contributed by atoms with Crippen LogP contribution in [0.5, 0.6) is 6.01 Å². The van der Waals surface area contributed by atoms with Gasteiger partial charge in [0.1, 0.15) is 11.7 Å². The van der Waals surface area contributed by atoms with Gasteiger partial charge >= 0.3 is 12.1 Å². The number of hydrogen-bond donors (Lipinski definition) is 1. The van der Waals surface area contributed by atoms with Gasteiger partial charge in [0.25, 0.3) is 0 Å². The lowest BCUT2D eigenvalue weighted by Gasteiger charge is -2.36. The predicted octanol–water partition coefficient (Wildman–Crippen LogP) is 3.75. The molecule has 3 aromatic rings. The second kappa shape index (κ2) is 11.4. The van der Waals surface area contributed by atoms with Gasteiger partial charge in [-0.3, -0.25) is 0 Å². The summed E-state index contributed by atoms with van der Waals surface area (Å²) in [5.41, 5.74) is 1.15. The Hall–Kier alpha value is -3.58. The van der Waals surface area contributed by atoms with Gasteiger partial charge in [-0.1, -0.05) is 11.3 Å². The van der Waals surface area contributed by atoms with Crippen molar-refractivity contribution in [3.8, 4) is 16.6 Å². The van der Waals surface area contributed by atoms with E-state index in [1.807, 2.05) is 26.8 Å². The average molecular weight is 541 g/mol. The van der Waals surface area contributed by atoms with Gasteiger partial charge in [0.15, 0.2) is 5.13 Å². The maximum absolute atomic E-state index is 12.3. The third-order valence-corrected chi connectivity index (χ3v) is 6.92. The number of carbonyl (C=O) groups is 1. The fraction of sp³-hybridized carbons (Fsp3) is 0.520. The molecule has 2 aliphatic heterocycles. The molecule has 3 aromatic heterocycles. The Balaban J connectivity index is 1.15. The smallest absolute Gasteiger partial charge is 0.410 e. The van der Waals surface area contributed by atoms with Crippen molar-refractivity contribution in [1.29, 1.82) is 0 Å². The largest absolute Gasteiger partial charge is 0.460 e. The number of amides is 1. The van der Waals surface area contributed by atoms with Gasteiger partial charge in [0, 0.05) is 51.4 Å². The molecule has 2 fully saturated rings. The number of thiazole rings is 1. The summed E-state index contributed by atoms with van der Waals surface area (Å²) in [7, 11) is 0. The number of ether oxygens (including phenoxy) is 3. The minimum absolute atomic E-state index is 0.0756. The van der Waals surface area contributed by atoms with Crippen LogP contribution in [0, 0.1) is 0 Å². The first kappa shape index (κ1) is 26.0. The SMILES string of the molecule is CC(C)(C)OC(=O)N1CCN(c2cnc(Nc3ncc(-c4ccnc(OC5CCOCC5)n4)s3)nc2)CC1. The monoisotopic (exact) mass is 540 g/mol. The summed E-state index contributed by atoms with van der Waals surface area (Å²) in [6.45, 7) is 9.55. The topological polar surface area (TPSA) is 128 Å². The van der Waals surface area contributed by atoms with E-state index in [4.69, 9.17) is 14.2 Å². The third kappa shape index (κ3) is 6.84. The van der Waals surface area contributed by atoms with Gasteiger partial charge in [-0.05, 0) is 26.8 Å². The fourth-order valence-corrected chi connectivity index (χ4v) is 4.83. The predicted molar refractivity (Wildman–Crippen MR) is 143 cm³/mol. The number of piperazine rings is 1. The van der Waals surface area contributed by atoms with Crippen molar-refractivity contribution in [2.24, 2.45) is 0 Å². The molecule has 0 bridgehead atoms. The van der Waals surface area contributed by atoms with E-state index < -0.39 is 5.60 Å². The lowest BCUT2D eigenvalue weighted by atomic mass is 10.2. The molecule has 0 aliphatic carbocycles. The fourth-order valence-electron chi connectivity index (χ4n) is 4.05. The van der Waals surface area contributed by atoms with Gasteiger partial charge in [-0.2, -0.15) is 4.98 Å². The normalized spacial score (nSPS) is 16.8. The first-order valence-corrected chi connectivity index (χ1v) is 13.5. The van der Waals surface area contributed by atoms with Crippen molar-refractivity contribution in [1.82, 2.24) is 29.8 Å². The minimum Gasteiger partial charge on any atom is -0.460 e. The minimum atomic E-state index is -0.500. The van der Waals surface area contributed by atoms with E-state index in [0.29, 0.717) is 56.5 Å². The Labute approximate surface area is 225 Å². The zero-order valence-corrected chi connectivity index (χ0v) is 22.6. The standard InChI is InChI=1S/C25H32N8O4S/c1-25(2,3)37-24(34)33-10-8-32(9-11-33)17-14-27-21(28-15-17)31-23-29-16-20(38-23)19-4-7-26-22(30-19)36-18-5-12-35-13-6-18/h4,7,14-16,18H,5-6,8-13H2,1-3H3,(H,27,28,29,31). The molecule has 5 heterocycles. The highest BCUT2D eigenvalue weighted by atomic mass is 32.1. The first-order chi connectivity index (χ1) is 18.3. The number of carbonyl (C=O) groups excluding carboxylic acids is 1. The van der Waals surface area contributed by atoms with Crippen molar-refractivity contribution < 1.29 is 19.0 Å². The molecule has 5 rings (SSSR count). The summed E-state index contributed by atoms with van der Waals surface area (Å²) in [6.07, 6.45) is 8.47. The lowest BCUT2D eigenvalue weighted by molar-refractivity contribution is 0.0216. The summed E-state index contributed by atoms with van der Waals surface area (Å²) in [5, 5.41) is 3.81. The van der Waals surface area contributed by atoms with Crippen LogP contribution in [0.2, 0.25) is 0 Å². The Morgan fingerprint density at radius 2 is 1.79 bits per heavy atom.